The van der Waals surface area contributed by atoms with E-state index in [1.807, 2.05) is 49.7 Å². The summed E-state index contributed by atoms with van der Waals surface area (Å²) in [5.74, 6) is 0.995. The zero-order chi connectivity index (χ0) is 12.6. The molecule has 0 unspecified atom stereocenters. The van der Waals surface area contributed by atoms with Crippen molar-refractivity contribution in [3.63, 3.8) is 0 Å². The summed E-state index contributed by atoms with van der Waals surface area (Å²) in [6, 6.07) is 7.77. The van der Waals surface area contributed by atoms with Crippen molar-refractivity contribution >= 4 is 16.7 Å². The molecule has 0 bridgehead atoms. The molecule has 90 valence electrons. The molecule has 0 fully saturated rings. The van der Waals surface area contributed by atoms with Crippen LogP contribution in [0.25, 0.3) is 10.9 Å². The quantitative estimate of drug-likeness (QED) is 0.760. The molecule has 0 radical (unpaired) electrons. The normalized spacial score (nSPS) is 11.1. The van der Waals surface area contributed by atoms with Gasteiger partial charge in [0, 0.05) is 23.9 Å². The van der Waals surface area contributed by atoms with Crippen LogP contribution >= 0.6 is 0 Å². The Morgan fingerprint density at radius 1 is 1.29 bits per heavy atom. The third-order valence-electron chi connectivity index (χ3n) is 3.03. The summed E-state index contributed by atoms with van der Waals surface area (Å²) >= 11 is 0. The molecule has 17 heavy (non-hydrogen) atoms. The number of methoxy groups -OCH3 is 1. The zero-order valence-electron chi connectivity index (χ0n) is 10.7. The van der Waals surface area contributed by atoms with Gasteiger partial charge >= 0.3 is 0 Å². The number of ether oxygens (including phenoxy) is 1. The third-order valence-corrected chi connectivity index (χ3v) is 3.03. The maximum Gasteiger partial charge on any atom is 0.181 e. The van der Waals surface area contributed by atoms with Crippen LogP contribution in [-0.4, -0.2) is 17.5 Å². The average molecular weight is 231 g/mol. The Morgan fingerprint density at radius 3 is 2.59 bits per heavy atom. The highest BCUT2D eigenvalue weighted by molar-refractivity contribution is 6.01. The number of aryl methyl sites for hydroxylation is 1. The number of hydrogen-bond acceptors (Lipinski definition) is 2. The highest BCUT2D eigenvalue weighted by Crippen LogP contribution is 2.24. The zero-order valence-corrected chi connectivity index (χ0v) is 10.7. The van der Waals surface area contributed by atoms with Crippen LogP contribution in [0.3, 0.4) is 0 Å². The molecular weight excluding hydrogens is 214 g/mol. The fourth-order valence-corrected chi connectivity index (χ4v) is 1.99. The predicted molar refractivity (Wildman–Crippen MR) is 68.6 cm³/mol. The van der Waals surface area contributed by atoms with E-state index >= 15 is 0 Å². The molecule has 2 rings (SSSR count). The fourth-order valence-electron chi connectivity index (χ4n) is 1.99. The minimum atomic E-state index is 0.0138. The van der Waals surface area contributed by atoms with Gasteiger partial charge < -0.3 is 9.30 Å². The number of nitrogens with zero attached hydrogens (tertiary/aromatic N) is 1. The number of fused-ring (bicyclic) bond motifs is 1. The lowest BCUT2D eigenvalue weighted by molar-refractivity contribution is 0.0931. The predicted octanol–water partition coefficient (Wildman–Crippen LogP) is 3.03. The number of carbonyl (C=O) groups is 1. The van der Waals surface area contributed by atoms with Gasteiger partial charge in [0.2, 0.25) is 0 Å². The summed E-state index contributed by atoms with van der Waals surface area (Å²) in [4.78, 5) is 12.0. The topological polar surface area (TPSA) is 31.2 Å². The second-order valence-corrected chi connectivity index (χ2v) is 4.53. The summed E-state index contributed by atoms with van der Waals surface area (Å²) in [6.45, 7) is 3.83. The number of ketones is 1. The van der Waals surface area contributed by atoms with Gasteiger partial charge in [-0.1, -0.05) is 13.8 Å². The van der Waals surface area contributed by atoms with Crippen molar-refractivity contribution in [2.24, 2.45) is 13.0 Å². The molecule has 0 saturated carbocycles. The molecule has 0 aliphatic rings. The number of carbonyl (C=O) groups excluding carboxylic acids is 1. The Labute approximate surface area is 101 Å². The Bertz CT molecular complexity index is 567. The van der Waals surface area contributed by atoms with Crippen molar-refractivity contribution in [3.8, 4) is 5.75 Å². The Morgan fingerprint density at radius 2 is 2.00 bits per heavy atom. The lowest BCUT2D eigenvalue weighted by Crippen LogP contribution is -2.11. The van der Waals surface area contributed by atoms with Crippen molar-refractivity contribution in [3.05, 3.63) is 30.0 Å². The molecule has 0 aliphatic heterocycles. The summed E-state index contributed by atoms with van der Waals surface area (Å²) in [5, 5.41) is 1.04. The van der Waals surface area contributed by atoms with E-state index in [-0.39, 0.29) is 11.7 Å². The molecule has 3 heteroatoms. The van der Waals surface area contributed by atoms with E-state index in [0.717, 1.165) is 22.3 Å². The highest BCUT2D eigenvalue weighted by atomic mass is 16.5. The van der Waals surface area contributed by atoms with Gasteiger partial charge in [0.1, 0.15) is 5.75 Å². The Hall–Kier alpha value is -1.77. The SMILES string of the molecule is COc1ccc2c(c1)cc(C(=O)C(C)C)n2C. The highest BCUT2D eigenvalue weighted by Gasteiger charge is 2.16. The van der Waals surface area contributed by atoms with E-state index in [1.165, 1.54) is 0 Å². The number of hydrogen-bond donors (Lipinski definition) is 0. The minimum absolute atomic E-state index is 0.0138. The first kappa shape index (κ1) is 11.7. The maximum atomic E-state index is 12.0. The van der Waals surface area contributed by atoms with E-state index in [4.69, 9.17) is 4.74 Å². The van der Waals surface area contributed by atoms with Crippen LogP contribution in [0.5, 0.6) is 5.75 Å². The van der Waals surface area contributed by atoms with Gasteiger partial charge in [-0.2, -0.15) is 0 Å². The monoisotopic (exact) mass is 231 g/mol. The number of rotatable bonds is 3. The first-order valence-corrected chi connectivity index (χ1v) is 5.72. The van der Waals surface area contributed by atoms with Gasteiger partial charge in [-0.3, -0.25) is 4.79 Å². The van der Waals surface area contributed by atoms with E-state index in [1.54, 1.807) is 7.11 Å². The molecule has 0 spiro atoms. The molecule has 0 saturated heterocycles. The van der Waals surface area contributed by atoms with E-state index < -0.39 is 0 Å². The Kier molecular flexibility index (Phi) is 2.92. The van der Waals surface area contributed by atoms with E-state index in [0.29, 0.717) is 0 Å². The van der Waals surface area contributed by atoms with Gasteiger partial charge in [-0.05, 0) is 24.3 Å². The van der Waals surface area contributed by atoms with E-state index in [9.17, 15) is 4.79 Å². The fraction of sp³-hybridized carbons (Fsp3) is 0.357. The number of benzene rings is 1. The number of Topliss-reactive ketones (excluding diaryl/α,β-unsaturated/α-hetero) is 1. The largest absolute Gasteiger partial charge is 0.497 e. The van der Waals surface area contributed by atoms with Crippen LogP contribution in [0.15, 0.2) is 24.3 Å². The van der Waals surface area contributed by atoms with Gasteiger partial charge in [0.25, 0.3) is 0 Å². The van der Waals surface area contributed by atoms with Gasteiger partial charge in [0.15, 0.2) is 5.78 Å². The molecule has 1 aromatic heterocycles. The third kappa shape index (κ3) is 1.93. The summed E-state index contributed by atoms with van der Waals surface area (Å²) in [5.41, 5.74) is 1.80. The molecule has 0 N–H and O–H groups in total. The lowest BCUT2D eigenvalue weighted by atomic mass is 10.1. The number of aromatic nitrogens is 1. The van der Waals surface area contributed by atoms with Crippen molar-refractivity contribution in [1.82, 2.24) is 4.57 Å². The van der Waals surface area contributed by atoms with Crippen molar-refractivity contribution in [1.29, 1.82) is 0 Å². The van der Waals surface area contributed by atoms with Crippen molar-refractivity contribution < 1.29 is 9.53 Å². The van der Waals surface area contributed by atoms with Crippen LogP contribution in [0, 0.1) is 5.92 Å². The van der Waals surface area contributed by atoms with Crippen LogP contribution < -0.4 is 4.74 Å². The van der Waals surface area contributed by atoms with Gasteiger partial charge in [0.05, 0.1) is 12.8 Å². The molecule has 0 aliphatic carbocycles. The minimum Gasteiger partial charge on any atom is -0.497 e. The summed E-state index contributed by atoms with van der Waals surface area (Å²) in [7, 11) is 3.56. The average Bonchev–Trinajstić information content (AvgIpc) is 2.65. The molecule has 0 amide bonds. The maximum absolute atomic E-state index is 12.0. The molecule has 2 aromatic rings. The molecule has 0 atom stereocenters. The van der Waals surface area contributed by atoms with Crippen LogP contribution in [0.2, 0.25) is 0 Å². The standard InChI is InChI=1S/C14H17NO2/c1-9(2)14(16)13-8-10-7-11(17-4)5-6-12(10)15(13)3/h5-9H,1-4H3. The van der Waals surface area contributed by atoms with Crippen LogP contribution in [0.1, 0.15) is 24.3 Å². The van der Waals surface area contributed by atoms with Gasteiger partial charge in [-0.25, -0.2) is 0 Å². The van der Waals surface area contributed by atoms with E-state index in [2.05, 4.69) is 0 Å². The molecular formula is C14H17NO2. The van der Waals surface area contributed by atoms with Crippen molar-refractivity contribution in [2.45, 2.75) is 13.8 Å². The first-order chi connectivity index (χ1) is 8.04. The second-order valence-electron chi connectivity index (χ2n) is 4.53. The summed E-state index contributed by atoms with van der Waals surface area (Å²) < 4.78 is 7.13. The molecule has 3 nitrogen and oxygen atoms in total. The first-order valence-electron chi connectivity index (χ1n) is 5.72. The van der Waals surface area contributed by atoms with Crippen molar-refractivity contribution in [2.75, 3.05) is 7.11 Å². The molecule has 1 aromatic carbocycles. The van der Waals surface area contributed by atoms with Crippen LogP contribution in [0.4, 0.5) is 0 Å². The smallest absolute Gasteiger partial charge is 0.181 e. The van der Waals surface area contributed by atoms with Crippen LogP contribution in [-0.2, 0) is 7.05 Å². The van der Waals surface area contributed by atoms with Gasteiger partial charge in [-0.15, -0.1) is 0 Å². The molecule has 1 heterocycles. The summed E-state index contributed by atoms with van der Waals surface area (Å²) in [6.07, 6.45) is 0. The lowest BCUT2D eigenvalue weighted by Gasteiger charge is -2.05. The Balaban J connectivity index is 2.60. The second kappa shape index (κ2) is 4.24.